The van der Waals surface area contributed by atoms with E-state index in [1.807, 2.05) is 48.5 Å². The molecule has 168 valence electrons. The first-order valence-electron chi connectivity index (χ1n) is 11.0. The van der Waals surface area contributed by atoms with Crippen molar-refractivity contribution in [1.29, 1.82) is 0 Å². The summed E-state index contributed by atoms with van der Waals surface area (Å²) >= 11 is 10.3. The zero-order valence-corrected chi connectivity index (χ0v) is 20.6. The molecule has 4 rings (SSSR count). The summed E-state index contributed by atoms with van der Waals surface area (Å²) in [6.07, 6.45) is 3.76. The first kappa shape index (κ1) is 22.8. The minimum atomic E-state index is 0.469. The summed E-state index contributed by atoms with van der Waals surface area (Å²) < 4.78 is 12.8. The van der Waals surface area contributed by atoms with Crippen molar-refractivity contribution in [1.82, 2.24) is 0 Å². The molecule has 0 radical (unpaired) electrons. The van der Waals surface area contributed by atoms with E-state index in [4.69, 9.17) is 21.1 Å². The summed E-state index contributed by atoms with van der Waals surface area (Å²) in [5.41, 5.74) is 4.19. The maximum absolute atomic E-state index is 6.64. The van der Waals surface area contributed by atoms with E-state index in [1.165, 1.54) is 19.3 Å². The molecule has 3 aromatic carbocycles. The van der Waals surface area contributed by atoms with Crippen LogP contribution in [-0.2, 0) is 13.2 Å². The molecule has 0 spiro atoms. The highest BCUT2D eigenvalue weighted by atomic mass is 79.9. The van der Waals surface area contributed by atoms with Crippen LogP contribution in [0.3, 0.4) is 0 Å². The summed E-state index contributed by atoms with van der Waals surface area (Å²) in [6, 6.07) is 20.2. The van der Waals surface area contributed by atoms with Gasteiger partial charge in [-0.2, -0.15) is 0 Å². The van der Waals surface area contributed by atoms with Gasteiger partial charge in [0.25, 0.3) is 0 Å². The van der Waals surface area contributed by atoms with Gasteiger partial charge < -0.3 is 19.7 Å². The number of anilines is 2. The number of nitrogens with zero attached hydrogens (tertiary/aromatic N) is 1. The monoisotopic (exact) mass is 514 g/mol. The van der Waals surface area contributed by atoms with Gasteiger partial charge in [-0.3, -0.25) is 0 Å². The van der Waals surface area contributed by atoms with Gasteiger partial charge >= 0.3 is 0 Å². The second kappa shape index (κ2) is 11.0. The lowest BCUT2D eigenvalue weighted by atomic mass is 10.1. The second-order valence-electron chi connectivity index (χ2n) is 7.90. The highest BCUT2D eigenvalue weighted by molar-refractivity contribution is 9.10. The van der Waals surface area contributed by atoms with Gasteiger partial charge in [-0.1, -0.05) is 57.9 Å². The number of ether oxygens (including phenoxy) is 2. The second-order valence-corrected chi connectivity index (χ2v) is 9.16. The summed E-state index contributed by atoms with van der Waals surface area (Å²) in [7, 11) is 1.66. The third-order valence-corrected chi connectivity index (χ3v) is 6.77. The molecule has 0 unspecified atom stereocenters. The van der Waals surface area contributed by atoms with E-state index in [2.05, 4.69) is 38.3 Å². The quantitative estimate of drug-likeness (QED) is 0.341. The van der Waals surface area contributed by atoms with Crippen molar-refractivity contribution in [3.8, 4) is 11.5 Å². The van der Waals surface area contributed by atoms with Crippen LogP contribution in [0.2, 0.25) is 5.02 Å². The van der Waals surface area contributed by atoms with Crippen LogP contribution in [0.25, 0.3) is 0 Å². The molecule has 1 fully saturated rings. The fourth-order valence-electron chi connectivity index (χ4n) is 3.99. The average Bonchev–Trinajstić information content (AvgIpc) is 2.83. The number of hydrogen-bond donors (Lipinski definition) is 1. The molecule has 1 N–H and O–H groups in total. The summed E-state index contributed by atoms with van der Waals surface area (Å²) in [5.74, 6) is 1.44. The Balaban J connectivity index is 1.50. The van der Waals surface area contributed by atoms with Crippen molar-refractivity contribution < 1.29 is 9.47 Å². The Bertz CT molecular complexity index is 1040. The van der Waals surface area contributed by atoms with Crippen molar-refractivity contribution in [2.75, 3.05) is 30.4 Å². The van der Waals surface area contributed by atoms with Crippen molar-refractivity contribution >= 4 is 38.9 Å². The predicted octanol–water partition coefficient (Wildman–Crippen LogP) is 7.29. The topological polar surface area (TPSA) is 33.7 Å². The number of piperidine rings is 1. The Morgan fingerprint density at radius 2 is 1.78 bits per heavy atom. The van der Waals surface area contributed by atoms with Gasteiger partial charge in [-0.25, -0.2) is 0 Å². The molecule has 0 amide bonds. The van der Waals surface area contributed by atoms with Gasteiger partial charge in [-0.05, 0) is 55.2 Å². The van der Waals surface area contributed by atoms with Crippen molar-refractivity contribution in [2.24, 2.45) is 0 Å². The van der Waals surface area contributed by atoms with Crippen molar-refractivity contribution in [3.05, 3.63) is 81.3 Å². The molecule has 0 saturated carbocycles. The fraction of sp³-hybridized carbons (Fsp3) is 0.308. The van der Waals surface area contributed by atoms with Crippen LogP contribution in [0.15, 0.2) is 65.1 Å². The third-order valence-electron chi connectivity index (χ3n) is 5.73. The lowest BCUT2D eigenvalue weighted by molar-refractivity contribution is 0.281. The van der Waals surface area contributed by atoms with Crippen molar-refractivity contribution in [2.45, 2.75) is 32.4 Å². The molecule has 1 saturated heterocycles. The third kappa shape index (κ3) is 5.51. The maximum Gasteiger partial charge on any atom is 0.167 e. The number of benzene rings is 3. The van der Waals surface area contributed by atoms with E-state index in [1.54, 1.807) is 7.11 Å². The van der Waals surface area contributed by atoms with Crippen LogP contribution >= 0.6 is 27.5 Å². The van der Waals surface area contributed by atoms with Gasteiger partial charge in [0.2, 0.25) is 0 Å². The van der Waals surface area contributed by atoms with E-state index in [9.17, 15) is 0 Å². The van der Waals surface area contributed by atoms with E-state index < -0.39 is 0 Å². The number of rotatable bonds is 8. The van der Waals surface area contributed by atoms with Crippen LogP contribution in [0.4, 0.5) is 11.4 Å². The highest BCUT2D eigenvalue weighted by Gasteiger charge is 2.17. The molecule has 0 aliphatic carbocycles. The van der Waals surface area contributed by atoms with Crippen molar-refractivity contribution in [3.63, 3.8) is 0 Å². The van der Waals surface area contributed by atoms with Gasteiger partial charge in [-0.15, -0.1) is 0 Å². The molecular weight excluding hydrogens is 488 g/mol. The number of hydrogen-bond acceptors (Lipinski definition) is 4. The largest absolute Gasteiger partial charge is 0.493 e. The molecule has 6 heteroatoms. The SMILES string of the molecule is COc1ccc(Br)c(CNc2ccc(N3CCCCC3)c(Cl)c2)c1OCc1ccccc1. The van der Waals surface area contributed by atoms with E-state index in [0.29, 0.717) is 18.9 Å². The zero-order chi connectivity index (χ0) is 22.3. The number of methoxy groups -OCH3 is 1. The normalized spacial score (nSPS) is 13.7. The number of nitrogens with one attached hydrogen (secondary N) is 1. The maximum atomic E-state index is 6.64. The molecule has 4 nitrogen and oxygen atoms in total. The standard InChI is InChI=1S/C26H28BrClN2O2/c1-31-25-13-11-22(27)21(26(25)32-18-19-8-4-2-5-9-19)17-29-20-10-12-24(23(28)16-20)30-14-6-3-7-15-30/h2,4-5,8-13,16,29H,3,6-7,14-15,17-18H2,1H3. The zero-order valence-electron chi connectivity index (χ0n) is 18.2. The molecule has 1 aliphatic heterocycles. The molecule has 0 atom stereocenters. The van der Waals surface area contributed by atoms with E-state index >= 15 is 0 Å². The van der Waals surface area contributed by atoms with Gasteiger partial charge in [0.1, 0.15) is 6.61 Å². The molecule has 1 heterocycles. The molecule has 1 aliphatic rings. The average molecular weight is 516 g/mol. The Morgan fingerprint density at radius 1 is 1.00 bits per heavy atom. The predicted molar refractivity (Wildman–Crippen MR) is 136 cm³/mol. The molecule has 0 bridgehead atoms. The van der Waals surface area contributed by atoms with Crippen LogP contribution in [-0.4, -0.2) is 20.2 Å². The Hall–Kier alpha value is -2.37. The summed E-state index contributed by atoms with van der Waals surface area (Å²) in [6.45, 7) is 3.19. The summed E-state index contributed by atoms with van der Waals surface area (Å²) in [5, 5.41) is 4.27. The Morgan fingerprint density at radius 3 is 2.50 bits per heavy atom. The van der Waals surface area contributed by atoms with Crippen LogP contribution in [0.1, 0.15) is 30.4 Å². The molecule has 3 aromatic rings. The minimum Gasteiger partial charge on any atom is -0.493 e. The Labute approximate surface area is 203 Å². The Kier molecular flexibility index (Phi) is 7.82. The van der Waals surface area contributed by atoms with E-state index in [0.717, 1.165) is 50.8 Å². The molecular formula is C26H28BrClN2O2. The van der Waals surface area contributed by atoms with Gasteiger partial charge in [0.05, 0.1) is 17.8 Å². The fourth-order valence-corrected chi connectivity index (χ4v) is 4.75. The smallest absolute Gasteiger partial charge is 0.167 e. The number of halogens is 2. The van der Waals surface area contributed by atoms with Crippen LogP contribution < -0.4 is 19.7 Å². The first-order valence-corrected chi connectivity index (χ1v) is 12.1. The first-order chi connectivity index (χ1) is 15.7. The minimum absolute atomic E-state index is 0.469. The lowest BCUT2D eigenvalue weighted by Gasteiger charge is -2.29. The van der Waals surface area contributed by atoms with E-state index in [-0.39, 0.29) is 0 Å². The van der Waals surface area contributed by atoms with Crippen LogP contribution in [0, 0.1) is 0 Å². The van der Waals surface area contributed by atoms with Gasteiger partial charge in [0.15, 0.2) is 11.5 Å². The van der Waals surface area contributed by atoms with Crippen LogP contribution in [0.5, 0.6) is 11.5 Å². The lowest BCUT2D eigenvalue weighted by Crippen LogP contribution is -2.29. The molecule has 32 heavy (non-hydrogen) atoms. The highest BCUT2D eigenvalue weighted by Crippen LogP contribution is 2.38. The van der Waals surface area contributed by atoms with Gasteiger partial charge in [0, 0.05) is 35.4 Å². The summed E-state index contributed by atoms with van der Waals surface area (Å²) in [4.78, 5) is 2.38. The molecule has 0 aromatic heterocycles.